The number of oxime groups is 1. The van der Waals surface area contributed by atoms with E-state index in [0.717, 1.165) is 16.7 Å². The van der Waals surface area contributed by atoms with E-state index in [4.69, 9.17) is 4.28 Å². The Morgan fingerprint density at radius 3 is 2.59 bits per heavy atom. The van der Waals surface area contributed by atoms with Crippen LogP contribution < -0.4 is 0 Å². The highest BCUT2D eigenvalue weighted by atomic mass is 32.2. The van der Waals surface area contributed by atoms with Crippen LogP contribution in [0.1, 0.15) is 16.7 Å². The zero-order valence-electron chi connectivity index (χ0n) is 14.7. The van der Waals surface area contributed by atoms with E-state index in [0.29, 0.717) is 15.5 Å². The number of nitrogens with zero attached hydrogens (tertiary/aromatic N) is 2. The number of benzene rings is 2. The Labute approximate surface area is 162 Å². The molecule has 0 saturated heterocycles. The fourth-order valence-corrected chi connectivity index (χ4v) is 4.23. The van der Waals surface area contributed by atoms with Gasteiger partial charge in [-0.15, -0.1) is 0 Å². The van der Waals surface area contributed by atoms with Crippen LogP contribution >= 0.6 is 11.8 Å². The zero-order valence-corrected chi connectivity index (χ0v) is 16.3. The monoisotopic (exact) mass is 396 g/mol. The summed E-state index contributed by atoms with van der Waals surface area (Å²) in [5.41, 5.74) is 3.14. The van der Waals surface area contributed by atoms with Gasteiger partial charge in [0.05, 0.1) is 5.57 Å². The molecule has 3 rings (SSSR count). The number of allylic oxidation sites excluding steroid dienone is 2. The van der Waals surface area contributed by atoms with Crippen LogP contribution in [0.2, 0.25) is 0 Å². The van der Waals surface area contributed by atoms with E-state index in [9.17, 15) is 13.7 Å². The van der Waals surface area contributed by atoms with E-state index in [-0.39, 0.29) is 4.90 Å². The molecule has 1 heterocycles. The van der Waals surface area contributed by atoms with Crippen molar-refractivity contribution in [3.8, 4) is 6.07 Å². The summed E-state index contributed by atoms with van der Waals surface area (Å²) in [7, 11) is -3.99. The van der Waals surface area contributed by atoms with E-state index in [2.05, 4.69) is 11.2 Å². The predicted octanol–water partition coefficient (Wildman–Crippen LogP) is 4.56. The Morgan fingerprint density at radius 1 is 1.11 bits per heavy atom. The van der Waals surface area contributed by atoms with Crippen LogP contribution in [0.3, 0.4) is 0 Å². The van der Waals surface area contributed by atoms with Gasteiger partial charge in [-0.3, -0.25) is 4.28 Å². The molecule has 0 fully saturated rings. The standard InChI is InChI=1S/C20H16N2O3S2/c1-14-6-5-8-16(12-14)27(23,24)25-22-20-11-10-19(26-20)18(13-21)17-9-4-3-7-15(17)2/h3-12H,1-2H3/b19-18-,22-20+. The smallest absolute Gasteiger partial charge is 0.264 e. The van der Waals surface area contributed by atoms with Gasteiger partial charge in [0.15, 0.2) is 0 Å². The lowest BCUT2D eigenvalue weighted by Gasteiger charge is -2.06. The van der Waals surface area contributed by atoms with Gasteiger partial charge in [-0.1, -0.05) is 53.3 Å². The normalized spacial score (nSPS) is 17.0. The molecule has 136 valence electrons. The highest BCUT2D eigenvalue weighted by Crippen LogP contribution is 2.35. The number of aryl methyl sites for hydroxylation is 2. The third-order valence-corrected chi connectivity index (χ3v) is 5.95. The van der Waals surface area contributed by atoms with Crippen molar-refractivity contribution < 1.29 is 12.7 Å². The van der Waals surface area contributed by atoms with E-state index in [1.54, 1.807) is 31.2 Å². The van der Waals surface area contributed by atoms with Crippen molar-refractivity contribution in [1.82, 2.24) is 0 Å². The predicted molar refractivity (Wildman–Crippen MR) is 107 cm³/mol. The fraction of sp³-hybridized carbons (Fsp3) is 0.100. The second-order valence-corrected chi connectivity index (χ2v) is 8.47. The summed E-state index contributed by atoms with van der Waals surface area (Å²) >= 11 is 1.19. The van der Waals surface area contributed by atoms with Gasteiger partial charge in [0.2, 0.25) is 0 Å². The van der Waals surface area contributed by atoms with Crippen molar-refractivity contribution >= 4 is 32.5 Å². The van der Waals surface area contributed by atoms with Gasteiger partial charge in [0.1, 0.15) is 16.0 Å². The first-order valence-corrected chi connectivity index (χ1v) is 10.3. The minimum absolute atomic E-state index is 0.0483. The lowest BCUT2D eigenvalue weighted by Crippen LogP contribution is -2.03. The average Bonchev–Trinajstić information content (AvgIpc) is 3.11. The van der Waals surface area contributed by atoms with Crippen LogP contribution in [-0.4, -0.2) is 13.5 Å². The Kier molecular flexibility index (Phi) is 5.49. The Bertz CT molecular complexity index is 1120. The van der Waals surface area contributed by atoms with Gasteiger partial charge in [-0.25, -0.2) is 0 Å². The van der Waals surface area contributed by atoms with Gasteiger partial charge in [-0.05, 0) is 54.8 Å². The van der Waals surface area contributed by atoms with E-state index in [1.165, 1.54) is 23.9 Å². The summed E-state index contributed by atoms with van der Waals surface area (Å²) in [4.78, 5) is 0.745. The molecule has 2 aromatic rings. The van der Waals surface area contributed by atoms with Crippen molar-refractivity contribution in [2.75, 3.05) is 0 Å². The van der Waals surface area contributed by atoms with Crippen LogP contribution in [0.15, 0.2) is 75.6 Å². The van der Waals surface area contributed by atoms with Crippen molar-refractivity contribution in [2.24, 2.45) is 5.16 Å². The maximum atomic E-state index is 12.3. The number of rotatable bonds is 4. The minimum Gasteiger partial charge on any atom is -0.264 e. The number of thioether (sulfide) groups is 1. The molecule has 0 aliphatic carbocycles. The molecule has 5 nitrogen and oxygen atoms in total. The maximum Gasteiger partial charge on any atom is 0.358 e. The molecule has 27 heavy (non-hydrogen) atoms. The van der Waals surface area contributed by atoms with Gasteiger partial charge < -0.3 is 0 Å². The second-order valence-electron chi connectivity index (χ2n) is 5.88. The molecule has 0 spiro atoms. The summed E-state index contributed by atoms with van der Waals surface area (Å²) in [6.45, 7) is 3.73. The van der Waals surface area contributed by atoms with E-state index in [1.807, 2.05) is 31.2 Å². The van der Waals surface area contributed by atoms with Crippen molar-refractivity contribution in [3.05, 3.63) is 82.3 Å². The minimum atomic E-state index is -3.99. The summed E-state index contributed by atoms with van der Waals surface area (Å²) < 4.78 is 29.3. The van der Waals surface area contributed by atoms with E-state index < -0.39 is 10.1 Å². The van der Waals surface area contributed by atoms with Gasteiger partial charge in [-0.2, -0.15) is 13.7 Å². The lowest BCUT2D eigenvalue weighted by atomic mass is 10.0. The van der Waals surface area contributed by atoms with Crippen molar-refractivity contribution in [3.63, 3.8) is 0 Å². The van der Waals surface area contributed by atoms with Crippen LogP contribution in [0, 0.1) is 25.2 Å². The molecule has 0 bridgehead atoms. The molecular formula is C20H16N2O3S2. The Balaban J connectivity index is 1.83. The topological polar surface area (TPSA) is 79.5 Å². The summed E-state index contributed by atoms with van der Waals surface area (Å²) in [5.74, 6) is 0. The van der Waals surface area contributed by atoms with Crippen LogP contribution in [0.25, 0.3) is 5.57 Å². The van der Waals surface area contributed by atoms with E-state index >= 15 is 0 Å². The van der Waals surface area contributed by atoms with Gasteiger partial charge >= 0.3 is 10.1 Å². The van der Waals surface area contributed by atoms with Crippen LogP contribution in [-0.2, 0) is 14.4 Å². The number of hydrogen-bond acceptors (Lipinski definition) is 6. The fourth-order valence-electron chi connectivity index (χ4n) is 2.51. The molecule has 0 N–H and O–H groups in total. The van der Waals surface area contributed by atoms with Crippen molar-refractivity contribution in [1.29, 1.82) is 5.26 Å². The first-order valence-electron chi connectivity index (χ1n) is 8.05. The summed E-state index contributed by atoms with van der Waals surface area (Å²) in [6, 6.07) is 16.2. The number of nitriles is 1. The maximum absolute atomic E-state index is 12.3. The van der Waals surface area contributed by atoms with Crippen molar-refractivity contribution in [2.45, 2.75) is 18.7 Å². The first kappa shape index (κ1) is 19.0. The number of hydrogen-bond donors (Lipinski definition) is 0. The highest BCUT2D eigenvalue weighted by Gasteiger charge is 2.19. The first-order chi connectivity index (χ1) is 12.9. The molecule has 0 aromatic heterocycles. The molecule has 1 aliphatic rings. The molecule has 2 aromatic carbocycles. The lowest BCUT2D eigenvalue weighted by molar-refractivity contribution is 0.340. The highest BCUT2D eigenvalue weighted by molar-refractivity contribution is 8.18. The molecule has 0 atom stereocenters. The third-order valence-electron chi connectivity index (χ3n) is 3.87. The molecule has 1 aliphatic heterocycles. The Morgan fingerprint density at radius 2 is 1.89 bits per heavy atom. The largest absolute Gasteiger partial charge is 0.358 e. The molecule has 7 heteroatoms. The molecule has 0 saturated carbocycles. The average molecular weight is 396 g/mol. The SMILES string of the molecule is Cc1cccc(S(=O)(=O)O/N=C2C=C/C(=C(\C#N)c3ccccc3C)S\2)c1. The molecule has 0 unspecified atom stereocenters. The van der Waals surface area contributed by atoms with Crippen LogP contribution in [0.5, 0.6) is 0 Å². The molecular weight excluding hydrogens is 380 g/mol. The Hall–Kier alpha value is -2.82. The quantitative estimate of drug-likeness (QED) is 0.559. The van der Waals surface area contributed by atoms with Gasteiger partial charge in [0.25, 0.3) is 0 Å². The van der Waals surface area contributed by atoms with Crippen LogP contribution in [0.4, 0.5) is 0 Å². The zero-order chi connectivity index (χ0) is 19.4. The summed E-state index contributed by atoms with van der Waals surface area (Å²) in [6.07, 6.45) is 3.36. The molecule has 0 radical (unpaired) electrons. The summed E-state index contributed by atoms with van der Waals surface area (Å²) in [5, 5.41) is 13.7. The second kappa shape index (κ2) is 7.82. The third kappa shape index (κ3) is 4.30. The van der Waals surface area contributed by atoms with Gasteiger partial charge in [0, 0.05) is 4.91 Å². The molecule has 0 amide bonds.